The summed E-state index contributed by atoms with van der Waals surface area (Å²) in [6, 6.07) is 3.65. The van der Waals surface area contributed by atoms with Crippen molar-refractivity contribution in [3.8, 4) is 0 Å². The number of benzene rings is 1. The summed E-state index contributed by atoms with van der Waals surface area (Å²) >= 11 is 0. The lowest BCUT2D eigenvalue weighted by Crippen LogP contribution is -2.35. The van der Waals surface area contributed by atoms with Crippen LogP contribution in [0.25, 0.3) is 0 Å². The molecular formula is C13H16F2N2O. The normalized spacial score (nSPS) is 16.4. The second-order valence-corrected chi connectivity index (χ2v) is 4.36. The first-order chi connectivity index (χ1) is 8.68. The van der Waals surface area contributed by atoms with E-state index in [-0.39, 0.29) is 17.9 Å². The van der Waals surface area contributed by atoms with E-state index in [0.29, 0.717) is 13.1 Å². The topological polar surface area (TPSA) is 32.3 Å². The third-order valence-electron chi connectivity index (χ3n) is 3.08. The molecule has 1 aromatic rings. The van der Waals surface area contributed by atoms with Crippen LogP contribution >= 0.6 is 0 Å². The summed E-state index contributed by atoms with van der Waals surface area (Å²) in [4.78, 5) is 13.6. The zero-order valence-electron chi connectivity index (χ0n) is 10.1. The van der Waals surface area contributed by atoms with Crippen LogP contribution in [0.15, 0.2) is 18.2 Å². The van der Waals surface area contributed by atoms with Crippen LogP contribution in [0.2, 0.25) is 0 Å². The van der Waals surface area contributed by atoms with Crippen LogP contribution < -0.4 is 5.32 Å². The van der Waals surface area contributed by atoms with Gasteiger partial charge in [-0.1, -0.05) is 6.07 Å². The van der Waals surface area contributed by atoms with Crippen molar-refractivity contribution in [2.75, 3.05) is 26.2 Å². The molecule has 3 nitrogen and oxygen atoms in total. The molecule has 18 heavy (non-hydrogen) atoms. The lowest BCUT2D eigenvalue weighted by atomic mass is 10.1. The molecule has 1 aliphatic heterocycles. The fraction of sp³-hybridized carbons (Fsp3) is 0.462. The number of hydrogen-bond donors (Lipinski definition) is 1. The van der Waals surface area contributed by atoms with Crippen LogP contribution in [-0.2, 0) is 11.2 Å². The second kappa shape index (κ2) is 5.91. The molecule has 0 unspecified atom stereocenters. The Balaban J connectivity index is 2.06. The monoisotopic (exact) mass is 254 g/mol. The van der Waals surface area contributed by atoms with E-state index < -0.39 is 11.6 Å². The van der Waals surface area contributed by atoms with Gasteiger partial charge in [-0.15, -0.1) is 0 Å². The predicted molar refractivity (Wildman–Crippen MR) is 64.1 cm³/mol. The first-order valence-corrected chi connectivity index (χ1v) is 6.10. The highest BCUT2D eigenvalue weighted by molar-refractivity contribution is 5.79. The van der Waals surface area contributed by atoms with Crippen molar-refractivity contribution in [1.82, 2.24) is 10.2 Å². The van der Waals surface area contributed by atoms with Crippen LogP contribution in [0.3, 0.4) is 0 Å². The molecule has 0 aliphatic carbocycles. The highest BCUT2D eigenvalue weighted by Gasteiger charge is 2.19. The molecule has 1 fully saturated rings. The Kier molecular flexibility index (Phi) is 4.25. The first-order valence-electron chi connectivity index (χ1n) is 6.10. The van der Waals surface area contributed by atoms with E-state index >= 15 is 0 Å². The van der Waals surface area contributed by atoms with Gasteiger partial charge in [0.15, 0.2) is 0 Å². The number of amides is 1. The van der Waals surface area contributed by atoms with Gasteiger partial charge in [0, 0.05) is 25.2 Å². The molecule has 0 bridgehead atoms. The standard InChI is InChI=1S/C13H16F2N2O/c14-11-3-1-4-12(15)10(11)9-13(18)17-7-2-5-16-6-8-17/h1,3-4,16H,2,5-9H2. The SMILES string of the molecule is O=C(Cc1c(F)cccc1F)N1CCCNCC1. The lowest BCUT2D eigenvalue weighted by Gasteiger charge is -2.20. The molecule has 0 aromatic heterocycles. The smallest absolute Gasteiger partial charge is 0.227 e. The summed E-state index contributed by atoms with van der Waals surface area (Å²) in [5.74, 6) is -1.53. The number of rotatable bonds is 2. The third kappa shape index (κ3) is 3.04. The molecule has 0 spiro atoms. The minimum absolute atomic E-state index is 0.139. The van der Waals surface area contributed by atoms with Crippen molar-refractivity contribution in [1.29, 1.82) is 0 Å². The van der Waals surface area contributed by atoms with Crippen LogP contribution in [0, 0.1) is 11.6 Å². The van der Waals surface area contributed by atoms with E-state index in [4.69, 9.17) is 0 Å². The van der Waals surface area contributed by atoms with E-state index in [2.05, 4.69) is 5.32 Å². The van der Waals surface area contributed by atoms with Gasteiger partial charge in [-0.3, -0.25) is 4.79 Å². The van der Waals surface area contributed by atoms with E-state index in [9.17, 15) is 13.6 Å². The van der Waals surface area contributed by atoms with Crippen molar-refractivity contribution < 1.29 is 13.6 Å². The van der Waals surface area contributed by atoms with Gasteiger partial charge in [0.25, 0.3) is 0 Å². The van der Waals surface area contributed by atoms with Crippen molar-refractivity contribution >= 4 is 5.91 Å². The van der Waals surface area contributed by atoms with E-state index in [1.165, 1.54) is 18.2 Å². The molecule has 1 N–H and O–H groups in total. The third-order valence-corrected chi connectivity index (χ3v) is 3.08. The maximum atomic E-state index is 13.4. The Morgan fingerprint density at radius 1 is 1.22 bits per heavy atom. The van der Waals surface area contributed by atoms with Crippen molar-refractivity contribution in [2.24, 2.45) is 0 Å². The number of carbonyl (C=O) groups is 1. The Bertz CT molecular complexity index is 409. The molecule has 1 saturated heterocycles. The van der Waals surface area contributed by atoms with Crippen LogP contribution in [0.4, 0.5) is 8.78 Å². The zero-order chi connectivity index (χ0) is 13.0. The Labute approximate surface area is 105 Å². The summed E-state index contributed by atoms with van der Waals surface area (Å²) in [5.41, 5.74) is -0.139. The number of halogens is 2. The Morgan fingerprint density at radius 3 is 2.67 bits per heavy atom. The summed E-state index contributed by atoms with van der Waals surface area (Å²) < 4.78 is 26.9. The molecule has 1 aromatic carbocycles. The Morgan fingerprint density at radius 2 is 1.94 bits per heavy atom. The van der Waals surface area contributed by atoms with Crippen molar-refractivity contribution in [3.05, 3.63) is 35.4 Å². The summed E-state index contributed by atoms with van der Waals surface area (Å²) in [6.07, 6.45) is 0.657. The van der Waals surface area contributed by atoms with Gasteiger partial charge >= 0.3 is 0 Å². The van der Waals surface area contributed by atoms with E-state index in [0.717, 1.165) is 19.5 Å². The average molecular weight is 254 g/mol. The number of nitrogens with one attached hydrogen (secondary N) is 1. The quantitative estimate of drug-likeness (QED) is 0.863. The number of nitrogens with zero attached hydrogens (tertiary/aromatic N) is 1. The van der Waals surface area contributed by atoms with Crippen molar-refractivity contribution in [2.45, 2.75) is 12.8 Å². The maximum absolute atomic E-state index is 13.4. The predicted octanol–water partition coefficient (Wildman–Crippen LogP) is 1.33. The first kappa shape index (κ1) is 13.0. The molecule has 5 heteroatoms. The maximum Gasteiger partial charge on any atom is 0.227 e. The second-order valence-electron chi connectivity index (χ2n) is 4.36. The van der Waals surface area contributed by atoms with E-state index in [1.54, 1.807) is 4.90 Å². The average Bonchev–Trinajstić information content (AvgIpc) is 2.62. The summed E-state index contributed by atoms with van der Waals surface area (Å²) in [7, 11) is 0. The summed E-state index contributed by atoms with van der Waals surface area (Å²) in [5, 5.41) is 3.18. The van der Waals surface area contributed by atoms with Crippen LogP contribution in [0.5, 0.6) is 0 Å². The highest BCUT2D eigenvalue weighted by Crippen LogP contribution is 2.14. The van der Waals surface area contributed by atoms with E-state index in [1.807, 2.05) is 0 Å². The molecular weight excluding hydrogens is 238 g/mol. The molecule has 1 amide bonds. The van der Waals surface area contributed by atoms with Gasteiger partial charge in [-0.25, -0.2) is 8.78 Å². The van der Waals surface area contributed by atoms with Gasteiger partial charge in [0.1, 0.15) is 11.6 Å². The van der Waals surface area contributed by atoms with Gasteiger partial charge in [0.05, 0.1) is 6.42 Å². The zero-order valence-corrected chi connectivity index (χ0v) is 10.1. The highest BCUT2D eigenvalue weighted by atomic mass is 19.1. The van der Waals surface area contributed by atoms with Gasteiger partial charge in [0.2, 0.25) is 5.91 Å². The number of hydrogen-bond acceptors (Lipinski definition) is 2. The molecule has 0 saturated carbocycles. The van der Waals surface area contributed by atoms with Crippen molar-refractivity contribution in [3.63, 3.8) is 0 Å². The molecule has 1 aliphatic rings. The number of carbonyl (C=O) groups excluding carboxylic acids is 1. The minimum atomic E-state index is -0.656. The molecule has 2 rings (SSSR count). The molecule has 0 atom stereocenters. The van der Waals surface area contributed by atoms with Gasteiger partial charge in [-0.2, -0.15) is 0 Å². The minimum Gasteiger partial charge on any atom is -0.341 e. The summed E-state index contributed by atoms with van der Waals surface area (Å²) in [6.45, 7) is 2.83. The fourth-order valence-corrected chi connectivity index (χ4v) is 2.06. The lowest BCUT2D eigenvalue weighted by molar-refractivity contribution is -0.130. The van der Waals surface area contributed by atoms with Crippen LogP contribution in [-0.4, -0.2) is 37.0 Å². The van der Waals surface area contributed by atoms with Crippen LogP contribution in [0.1, 0.15) is 12.0 Å². The Hall–Kier alpha value is -1.49. The fourth-order valence-electron chi connectivity index (χ4n) is 2.06. The molecule has 98 valence electrons. The molecule has 0 radical (unpaired) electrons. The largest absolute Gasteiger partial charge is 0.341 e. The van der Waals surface area contributed by atoms with Gasteiger partial charge in [-0.05, 0) is 25.1 Å². The van der Waals surface area contributed by atoms with Gasteiger partial charge < -0.3 is 10.2 Å². The molecule has 1 heterocycles.